The van der Waals surface area contributed by atoms with Crippen LogP contribution in [0.5, 0.6) is 5.75 Å². The highest BCUT2D eigenvalue weighted by Crippen LogP contribution is 2.28. The van der Waals surface area contributed by atoms with E-state index < -0.39 is 0 Å². The van der Waals surface area contributed by atoms with Crippen molar-refractivity contribution < 1.29 is 4.74 Å². The second-order valence-corrected chi connectivity index (χ2v) is 5.52. The van der Waals surface area contributed by atoms with Crippen LogP contribution in [-0.2, 0) is 0 Å². The molecule has 0 aromatic heterocycles. The van der Waals surface area contributed by atoms with E-state index in [1.54, 1.807) is 0 Å². The van der Waals surface area contributed by atoms with Gasteiger partial charge in [0.2, 0.25) is 0 Å². The zero-order valence-corrected chi connectivity index (χ0v) is 12.8. The zero-order valence-electron chi connectivity index (χ0n) is 12.0. The van der Waals surface area contributed by atoms with Crippen LogP contribution in [0.1, 0.15) is 38.3 Å². The summed E-state index contributed by atoms with van der Waals surface area (Å²) < 4.78 is 6.11. The third-order valence-electron chi connectivity index (χ3n) is 2.92. The summed E-state index contributed by atoms with van der Waals surface area (Å²) in [4.78, 5) is 0. The van der Waals surface area contributed by atoms with E-state index in [1.807, 2.05) is 26.0 Å². The highest BCUT2D eigenvalue weighted by Gasteiger charge is 2.12. The van der Waals surface area contributed by atoms with Crippen molar-refractivity contribution in [3.05, 3.63) is 28.3 Å². The van der Waals surface area contributed by atoms with E-state index in [2.05, 4.69) is 26.1 Å². The molecule has 0 aliphatic rings. The highest BCUT2D eigenvalue weighted by atomic mass is 35.5. The molecule has 1 unspecified atom stereocenters. The summed E-state index contributed by atoms with van der Waals surface area (Å²) in [6.45, 7) is 11.4. The molecule has 0 aliphatic heterocycles. The largest absolute Gasteiger partial charge is 0.489 e. The molecular formula is C15H24ClNO. The Morgan fingerprint density at radius 3 is 2.22 bits per heavy atom. The van der Waals surface area contributed by atoms with Crippen LogP contribution in [0.2, 0.25) is 5.02 Å². The Morgan fingerprint density at radius 1 is 1.22 bits per heavy atom. The molecule has 0 fully saturated rings. The van der Waals surface area contributed by atoms with Gasteiger partial charge in [0, 0.05) is 17.6 Å². The van der Waals surface area contributed by atoms with Crippen LogP contribution in [0.4, 0.5) is 0 Å². The quantitative estimate of drug-likeness (QED) is 0.839. The highest BCUT2D eigenvalue weighted by molar-refractivity contribution is 6.30. The molecule has 3 heteroatoms. The summed E-state index contributed by atoms with van der Waals surface area (Å²) in [6.07, 6.45) is 1.19. The smallest absolute Gasteiger partial charge is 0.125 e. The van der Waals surface area contributed by atoms with E-state index in [9.17, 15) is 0 Å². The minimum Gasteiger partial charge on any atom is -0.489 e. The van der Waals surface area contributed by atoms with E-state index in [1.165, 1.54) is 0 Å². The molecule has 18 heavy (non-hydrogen) atoms. The molecule has 0 saturated heterocycles. The molecular weight excluding hydrogens is 246 g/mol. The lowest BCUT2D eigenvalue weighted by molar-refractivity contribution is 0.187. The monoisotopic (exact) mass is 269 g/mol. The lowest BCUT2D eigenvalue weighted by Crippen LogP contribution is -2.35. The molecule has 1 aromatic carbocycles. The number of aryl methyl sites for hydroxylation is 2. The van der Waals surface area contributed by atoms with E-state index in [0.29, 0.717) is 6.04 Å². The van der Waals surface area contributed by atoms with Crippen LogP contribution < -0.4 is 10.1 Å². The van der Waals surface area contributed by atoms with E-state index >= 15 is 0 Å². The van der Waals surface area contributed by atoms with Crippen LogP contribution in [0, 0.1) is 13.8 Å². The summed E-state index contributed by atoms with van der Waals surface area (Å²) in [7, 11) is 0. The van der Waals surface area contributed by atoms with Crippen molar-refractivity contribution in [2.45, 2.75) is 53.2 Å². The molecule has 1 aromatic rings. The van der Waals surface area contributed by atoms with Crippen molar-refractivity contribution in [3.63, 3.8) is 0 Å². The van der Waals surface area contributed by atoms with Gasteiger partial charge in [-0.2, -0.15) is 0 Å². The van der Waals surface area contributed by atoms with Gasteiger partial charge in [0.05, 0.1) is 0 Å². The van der Waals surface area contributed by atoms with Gasteiger partial charge in [-0.25, -0.2) is 0 Å². The Balaban J connectivity index is 2.75. The Bertz CT molecular complexity index is 367. The van der Waals surface area contributed by atoms with Crippen molar-refractivity contribution in [2.24, 2.45) is 0 Å². The van der Waals surface area contributed by atoms with E-state index in [-0.39, 0.29) is 6.10 Å². The zero-order chi connectivity index (χ0) is 13.7. The van der Waals surface area contributed by atoms with Crippen LogP contribution in [0.25, 0.3) is 0 Å². The minimum atomic E-state index is 0.200. The maximum absolute atomic E-state index is 6.11. The summed E-state index contributed by atoms with van der Waals surface area (Å²) >= 11 is 6.03. The Labute approximate surface area is 116 Å². The van der Waals surface area contributed by atoms with Crippen LogP contribution >= 0.6 is 11.6 Å². The van der Waals surface area contributed by atoms with Crippen molar-refractivity contribution in [1.29, 1.82) is 0 Å². The number of nitrogens with one attached hydrogen (secondary N) is 1. The fourth-order valence-electron chi connectivity index (χ4n) is 1.89. The third kappa shape index (κ3) is 4.51. The normalized spacial score (nSPS) is 12.8. The SMILES string of the molecule is CCC(CNC(C)C)Oc1c(C)cc(Cl)cc1C. The molecule has 0 bridgehead atoms. The first-order chi connectivity index (χ1) is 8.43. The number of benzene rings is 1. The van der Waals surface area contributed by atoms with Gasteiger partial charge in [0.15, 0.2) is 0 Å². The molecule has 0 aliphatic carbocycles. The molecule has 0 saturated carbocycles. The van der Waals surface area contributed by atoms with Gasteiger partial charge in [0.1, 0.15) is 11.9 Å². The molecule has 0 radical (unpaired) electrons. The second-order valence-electron chi connectivity index (χ2n) is 5.08. The number of hydrogen-bond acceptors (Lipinski definition) is 2. The molecule has 102 valence electrons. The molecule has 1 N–H and O–H groups in total. The number of ether oxygens (including phenoxy) is 1. The molecule has 1 rings (SSSR count). The van der Waals surface area contributed by atoms with Gasteiger partial charge < -0.3 is 10.1 Å². The Morgan fingerprint density at radius 2 is 1.78 bits per heavy atom. The third-order valence-corrected chi connectivity index (χ3v) is 3.14. The average molecular weight is 270 g/mol. The fourth-order valence-corrected chi connectivity index (χ4v) is 2.21. The fraction of sp³-hybridized carbons (Fsp3) is 0.600. The van der Waals surface area contributed by atoms with Gasteiger partial charge in [-0.3, -0.25) is 0 Å². The lowest BCUT2D eigenvalue weighted by Gasteiger charge is -2.22. The van der Waals surface area contributed by atoms with Crippen LogP contribution in [0.15, 0.2) is 12.1 Å². The summed E-state index contributed by atoms with van der Waals surface area (Å²) in [5.41, 5.74) is 2.20. The molecule has 0 heterocycles. The second kappa shape index (κ2) is 7.01. The first-order valence-electron chi connectivity index (χ1n) is 6.60. The van der Waals surface area contributed by atoms with Gasteiger partial charge in [-0.05, 0) is 43.5 Å². The maximum atomic E-state index is 6.11. The molecule has 0 amide bonds. The molecule has 0 spiro atoms. The summed E-state index contributed by atoms with van der Waals surface area (Å²) in [6, 6.07) is 4.38. The van der Waals surface area contributed by atoms with Crippen LogP contribution in [0.3, 0.4) is 0 Å². The van der Waals surface area contributed by atoms with Crippen molar-refractivity contribution in [2.75, 3.05) is 6.54 Å². The minimum absolute atomic E-state index is 0.200. The van der Waals surface area contributed by atoms with Crippen molar-refractivity contribution in [1.82, 2.24) is 5.32 Å². The Kier molecular flexibility index (Phi) is 5.97. The number of rotatable bonds is 6. The predicted octanol–water partition coefficient (Wildman–Crippen LogP) is 4.11. The van der Waals surface area contributed by atoms with Gasteiger partial charge in [0.25, 0.3) is 0 Å². The van der Waals surface area contributed by atoms with Gasteiger partial charge >= 0.3 is 0 Å². The average Bonchev–Trinajstić information content (AvgIpc) is 2.26. The predicted molar refractivity (Wildman–Crippen MR) is 78.8 cm³/mol. The van der Waals surface area contributed by atoms with Gasteiger partial charge in [-0.15, -0.1) is 0 Å². The van der Waals surface area contributed by atoms with Crippen molar-refractivity contribution >= 4 is 11.6 Å². The summed E-state index contributed by atoms with van der Waals surface area (Å²) in [5, 5.41) is 4.19. The standard InChI is InChI=1S/C15H24ClNO/c1-6-14(9-17-10(2)3)18-15-11(4)7-13(16)8-12(15)5/h7-8,10,14,17H,6,9H2,1-5H3. The number of halogens is 1. The van der Waals surface area contributed by atoms with Crippen LogP contribution in [-0.4, -0.2) is 18.7 Å². The molecule has 2 nitrogen and oxygen atoms in total. The first-order valence-corrected chi connectivity index (χ1v) is 6.98. The van der Waals surface area contributed by atoms with Gasteiger partial charge in [-0.1, -0.05) is 32.4 Å². The Hall–Kier alpha value is -0.730. The summed E-state index contributed by atoms with van der Waals surface area (Å²) in [5.74, 6) is 0.969. The number of hydrogen-bond donors (Lipinski definition) is 1. The molecule has 1 atom stereocenters. The van der Waals surface area contributed by atoms with E-state index in [0.717, 1.165) is 34.9 Å². The van der Waals surface area contributed by atoms with E-state index in [4.69, 9.17) is 16.3 Å². The first kappa shape index (κ1) is 15.3. The lowest BCUT2D eigenvalue weighted by atomic mass is 10.1. The van der Waals surface area contributed by atoms with Crippen molar-refractivity contribution in [3.8, 4) is 5.75 Å². The topological polar surface area (TPSA) is 21.3 Å². The maximum Gasteiger partial charge on any atom is 0.125 e.